The predicted molar refractivity (Wildman–Crippen MR) is 76.9 cm³/mol. The number of aliphatic hydroxyl groups is 1. The van der Waals surface area contributed by atoms with Crippen molar-refractivity contribution in [2.75, 3.05) is 6.54 Å². The number of hydrogen-bond acceptors (Lipinski definition) is 3. The van der Waals surface area contributed by atoms with Crippen molar-refractivity contribution in [3.8, 4) is 0 Å². The number of benzene rings is 1. The van der Waals surface area contributed by atoms with Crippen LogP contribution in [0.5, 0.6) is 0 Å². The average molecular weight is 261 g/mol. The molecule has 0 amide bonds. The van der Waals surface area contributed by atoms with Crippen molar-refractivity contribution < 1.29 is 5.11 Å². The molecule has 0 aliphatic carbocycles. The zero-order valence-corrected chi connectivity index (χ0v) is 11.6. The summed E-state index contributed by atoms with van der Waals surface area (Å²) in [7, 11) is 0. The molecule has 3 heteroatoms. The van der Waals surface area contributed by atoms with E-state index in [1.165, 1.54) is 11.1 Å². The summed E-state index contributed by atoms with van der Waals surface area (Å²) in [5.41, 5.74) is 2.57. The van der Waals surface area contributed by atoms with Gasteiger partial charge >= 0.3 is 0 Å². The van der Waals surface area contributed by atoms with Crippen molar-refractivity contribution in [2.24, 2.45) is 0 Å². The van der Waals surface area contributed by atoms with Gasteiger partial charge in [0.15, 0.2) is 0 Å². The molecule has 2 aromatic rings. The van der Waals surface area contributed by atoms with Gasteiger partial charge in [-0.3, -0.25) is 0 Å². The molecule has 1 unspecified atom stereocenters. The molecule has 0 spiro atoms. The Labute approximate surface area is 112 Å². The zero-order valence-electron chi connectivity index (χ0n) is 10.8. The molecule has 0 bridgehead atoms. The van der Waals surface area contributed by atoms with Crippen molar-refractivity contribution in [3.63, 3.8) is 0 Å². The molecule has 18 heavy (non-hydrogen) atoms. The minimum atomic E-state index is -0.420. The first-order valence-electron chi connectivity index (χ1n) is 6.19. The molecule has 0 saturated heterocycles. The molecule has 0 saturated carbocycles. The summed E-state index contributed by atoms with van der Waals surface area (Å²) in [4.78, 5) is 1.01. The van der Waals surface area contributed by atoms with Crippen LogP contribution in [-0.2, 0) is 0 Å². The standard InChI is InChI=1S/C15H19NOS/c1-11-6-3-4-7-13(11)12(2)16-10-14(17)15-8-5-9-18-15/h3-9,12,14,16-17H,10H2,1-2H3/t12-,14?/m1/s1. The molecule has 0 aliphatic rings. The van der Waals surface area contributed by atoms with Crippen molar-refractivity contribution in [1.82, 2.24) is 5.32 Å². The highest BCUT2D eigenvalue weighted by Crippen LogP contribution is 2.20. The lowest BCUT2D eigenvalue weighted by molar-refractivity contribution is 0.174. The maximum absolute atomic E-state index is 10.0. The van der Waals surface area contributed by atoms with Crippen LogP contribution in [-0.4, -0.2) is 11.7 Å². The second kappa shape index (κ2) is 6.14. The Bertz CT molecular complexity index is 481. The molecule has 0 aliphatic heterocycles. The first-order chi connectivity index (χ1) is 8.68. The smallest absolute Gasteiger partial charge is 0.101 e. The summed E-state index contributed by atoms with van der Waals surface area (Å²) in [5, 5.41) is 15.4. The van der Waals surface area contributed by atoms with E-state index in [1.807, 2.05) is 23.6 Å². The first-order valence-corrected chi connectivity index (χ1v) is 7.07. The van der Waals surface area contributed by atoms with Gasteiger partial charge in [-0.25, -0.2) is 0 Å². The molecule has 2 N–H and O–H groups in total. The summed E-state index contributed by atoms with van der Waals surface area (Å²) in [6.07, 6.45) is -0.420. The Morgan fingerprint density at radius 2 is 2.00 bits per heavy atom. The van der Waals surface area contributed by atoms with Crippen LogP contribution in [0.3, 0.4) is 0 Å². The number of hydrogen-bond donors (Lipinski definition) is 2. The summed E-state index contributed by atoms with van der Waals surface area (Å²) >= 11 is 1.59. The third kappa shape index (κ3) is 3.19. The topological polar surface area (TPSA) is 32.3 Å². The van der Waals surface area contributed by atoms with Crippen LogP contribution >= 0.6 is 11.3 Å². The maximum Gasteiger partial charge on any atom is 0.101 e. The van der Waals surface area contributed by atoms with E-state index >= 15 is 0 Å². The molecule has 2 atom stereocenters. The van der Waals surface area contributed by atoms with Crippen molar-refractivity contribution in [1.29, 1.82) is 0 Å². The van der Waals surface area contributed by atoms with Crippen molar-refractivity contribution >= 4 is 11.3 Å². The second-order valence-electron chi connectivity index (χ2n) is 4.52. The fourth-order valence-electron chi connectivity index (χ4n) is 2.05. The number of rotatable bonds is 5. The third-order valence-electron chi connectivity index (χ3n) is 3.14. The summed E-state index contributed by atoms with van der Waals surface area (Å²) in [6.45, 7) is 4.82. The van der Waals surface area contributed by atoms with Crippen molar-refractivity contribution in [2.45, 2.75) is 26.0 Å². The highest BCUT2D eigenvalue weighted by atomic mass is 32.1. The van der Waals surface area contributed by atoms with Gasteiger partial charge in [0.2, 0.25) is 0 Å². The molecular formula is C15H19NOS. The van der Waals surface area contributed by atoms with E-state index in [9.17, 15) is 5.11 Å². The summed E-state index contributed by atoms with van der Waals surface area (Å²) in [5.74, 6) is 0. The minimum Gasteiger partial charge on any atom is -0.386 e. The molecule has 1 aromatic heterocycles. The third-order valence-corrected chi connectivity index (χ3v) is 4.12. The van der Waals surface area contributed by atoms with Crippen LogP contribution < -0.4 is 5.32 Å². The summed E-state index contributed by atoms with van der Waals surface area (Å²) in [6, 6.07) is 12.5. The van der Waals surface area contributed by atoms with E-state index in [2.05, 4.69) is 37.4 Å². The predicted octanol–water partition coefficient (Wildman–Crippen LogP) is 3.44. The van der Waals surface area contributed by atoms with E-state index in [1.54, 1.807) is 11.3 Å². The van der Waals surface area contributed by atoms with Gasteiger partial charge in [0.05, 0.1) is 0 Å². The summed E-state index contributed by atoms with van der Waals surface area (Å²) < 4.78 is 0. The highest BCUT2D eigenvalue weighted by molar-refractivity contribution is 7.10. The van der Waals surface area contributed by atoms with E-state index in [4.69, 9.17) is 0 Å². The van der Waals surface area contributed by atoms with Crippen LogP contribution in [0, 0.1) is 6.92 Å². The number of aryl methyl sites for hydroxylation is 1. The quantitative estimate of drug-likeness (QED) is 0.864. The Balaban J connectivity index is 1.93. The number of aliphatic hydroxyl groups excluding tert-OH is 1. The van der Waals surface area contributed by atoms with Gasteiger partial charge < -0.3 is 10.4 Å². The largest absolute Gasteiger partial charge is 0.386 e. The number of thiophene rings is 1. The number of nitrogens with one attached hydrogen (secondary N) is 1. The molecule has 1 heterocycles. The van der Waals surface area contributed by atoms with Gasteiger partial charge in [0.25, 0.3) is 0 Å². The molecule has 0 fully saturated rings. The van der Waals surface area contributed by atoms with Gasteiger partial charge in [-0.1, -0.05) is 30.3 Å². The van der Waals surface area contributed by atoms with Gasteiger partial charge in [0.1, 0.15) is 6.10 Å². The first kappa shape index (κ1) is 13.3. The fourth-order valence-corrected chi connectivity index (χ4v) is 2.76. The second-order valence-corrected chi connectivity index (χ2v) is 5.50. The van der Waals surface area contributed by atoms with Crippen LogP contribution in [0.4, 0.5) is 0 Å². The molecule has 96 valence electrons. The lowest BCUT2D eigenvalue weighted by Gasteiger charge is -2.18. The van der Waals surface area contributed by atoms with Crippen LogP contribution in [0.1, 0.15) is 35.1 Å². The Morgan fingerprint density at radius 1 is 1.22 bits per heavy atom. The normalized spacial score (nSPS) is 14.4. The Hall–Kier alpha value is -1.16. The van der Waals surface area contributed by atoms with Crippen LogP contribution in [0.2, 0.25) is 0 Å². The lowest BCUT2D eigenvalue weighted by atomic mass is 10.0. The Morgan fingerprint density at radius 3 is 2.67 bits per heavy atom. The SMILES string of the molecule is Cc1ccccc1[C@@H](C)NCC(O)c1cccs1. The van der Waals surface area contributed by atoms with E-state index in [0.29, 0.717) is 6.54 Å². The zero-order chi connectivity index (χ0) is 13.0. The molecular weight excluding hydrogens is 242 g/mol. The van der Waals surface area contributed by atoms with Crippen LogP contribution in [0.15, 0.2) is 41.8 Å². The van der Waals surface area contributed by atoms with Gasteiger partial charge in [-0.05, 0) is 36.4 Å². The van der Waals surface area contributed by atoms with Gasteiger partial charge in [-0.2, -0.15) is 0 Å². The molecule has 0 radical (unpaired) electrons. The van der Waals surface area contributed by atoms with Crippen molar-refractivity contribution in [3.05, 3.63) is 57.8 Å². The minimum absolute atomic E-state index is 0.251. The van der Waals surface area contributed by atoms with Crippen LogP contribution in [0.25, 0.3) is 0 Å². The average Bonchev–Trinajstić information content (AvgIpc) is 2.90. The molecule has 2 nitrogen and oxygen atoms in total. The van der Waals surface area contributed by atoms with Gasteiger partial charge in [0, 0.05) is 17.5 Å². The molecule has 1 aromatic carbocycles. The van der Waals surface area contributed by atoms with E-state index in [-0.39, 0.29) is 6.04 Å². The maximum atomic E-state index is 10.0. The monoisotopic (exact) mass is 261 g/mol. The van der Waals surface area contributed by atoms with E-state index in [0.717, 1.165) is 4.88 Å². The fraction of sp³-hybridized carbons (Fsp3) is 0.333. The van der Waals surface area contributed by atoms with Gasteiger partial charge in [-0.15, -0.1) is 11.3 Å². The highest BCUT2D eigenvalue weighted by Gasteiger charge is 2.12. The molecule has 2 rings (SSSR count). The lowest BCUT2D eigenvalue weighted by Crippen LogP contribution is -2.24. The van der Waals surface area contributed by atoms with E-state index < -0.39 is 6.10 Å². The Kier molecular flexibility index (Phi) is 4.53.